The first kappa shape index (κ1) is 19.5. The van der Waals surface area contributed by atoms with E-state index in [4.69, 9.17) is 0 Å². The van der Waals surface area contributed by atoms with Gasteiger partial charge in [0.25, 0.3) is 5.91 Å². The number of aromatic nitrogens is 1. The topological polar surface area (TPSA) is 91.4 Å². The van der Waals surface area contributed by atoms with Crippen molar-refractivity contribution in [1.82, 2.24) is 15.2 Å². The largest absolute Gasteiger partial charge is 0.348 e. The average molecular weight is 380 g/mol. The minimum atomic E-state index is -0.326. The zero-order valence-electron chi connectivity index (χ0n) is 16.0. The number of nitrogens with zero attached hydrogens (tertiary/aromatic N) is 2. The van der Waals surface area contributed by atoms with Crippen LogP contribution in [0.2, 0.25) is 0 Å². The molecule has 3 rings (SSSR count). The van der Waals surface area contributed by atoms with Crippen molar-refractivity contribution in [2.75, 3.05) is 11.9 Å². The van der Waals surface area contributed by atoms with Crippen LogP contribution in [-0.2, 0) is 16.1 Å². The van der Waals surface area contributed by atoms with Gasteiger partial charge in [0.2, 0.25) is 11.8 Å². The minimum absolute atomic E-state index is 0.0230. The van der Waals surface area contributed by atoms with Gasteiger partial charge in [0, 0.05) is 43.6 Å². The van der Waals surface area contributed by atoms with Crippen molar-refractivity contribution in [2.24, 2.45) is 5.92 Å². The summed E-state index contributed by atoms with van der Waals surface area (Å²) in [5, 5.41) is 5.70. The van der Waals surface area contributed by atoms with Crippen LogP contribution in [-0.4, -0.2) is 40.2 Å². The fraction of sp³-hybridized carbons (Fsp3) is 0.333. The molecule has 7 heteroatoms. The van der Waals surface area contributed by atoms with E-state index < -0.39 is 0 Å². The van der Waals surface area contributed by atoms with Gasteiger partial charge in [-0.15, -0.1) is 0 Å². The summed E-state index contributed by atoms with van der Waals surface area (Å²) in [5.74, 6) is -0.636. The molecule has 28 heavy (non-hydrogen) atoms. The molecular weight excluding hydrogens is 356 g/mol. The normalized spacial score (nSPS) is 16.3. The molecule has 1 atom stereocenters. The van der Waals surface area contributed by atoms with E-state index in [1.807, 2.05) is 26.0 Å². The smallest absolute Gasteiger partial charge is 0.253 e. The molecule has 0 saturated carbocycles. The molecule has 3 amide bonds. The van der Waals surface area contributed by atoms with Crippen molar-refractivity contribution >= 4 is 23.4 Å². The number of hydrogen-bond acceptors (Lipinski definition) is 4. The van der Waals surface area contributed by atoms with Gasteiger partial charge >= 0.3 is 0 Å². The molecule has 1 aliphatic heterocycles. The molecule has 1 aromatic heterocycles. The van der Waals surface area contributed by atoms with Crippen LogP contribution in [0.4, 0.5) is 5.69 Å². The monoisotopic (exact) mass is 380 g/mol. The van der Waals surface area contributed by atoms with Gasteiger partial charge in [0.1, 0.15) is 0 Å². The van der Waals surface area contributed by atoms with Crippen LogP contribution >= 0.6 is 0 Å². The van der Waals surface area contributed by atoms with E-state index in [1.54, 1.807) is 35.4 Å². The lowest BCUT2D eigenvalue weighted by Crippen LogP contribution is -2.33. The van der Waals surface area contributed by atoms with Crippen molar-refractivity contribution in [3.05, 3.63) is 59.9 Å². The zero-order valence-corrected chi connectivity index (χ0v) is 16.0. The highest BCUT2D eigenvalue weighted by molar-refractivity contribution is 5.97. The maximum absolute atomic E-state index is 12.4. The Bertz CT molecular complexity index is 850. The Morgan fingerprint density at radius 2 is 1.96 bits per heavy atom. The highest BCUT2D eigenvalue weighted by Crippen LogP contribution is 2.22. The van der Waals surface area contributed by atoms with Crippen LogP contribution in [0.25, 0.3) is 0 Å². The van der Waals surface area contributed by atoms with Gasteiger partial charge in [-0.25, -0.2) is 0 Å². The summed E-state index contributed by atoms with van der Waals surface area (Å²) in [6, 6.07) is 10.8. The molecule has 1 fully saturated rings. The summed E-state index contributed by atoms with van der Waals surface area (Å²) >= 11 is 0. The van der Waals surface area contributed by atoms with Crippen molar-refractivity contribution < 1.29 is 14.4 Å². The lowest BCUT2D eigenvalue weighted by Gasteiger charge is -2.20. The van der Waals surface area contributed by atoms with Gasteiger partial charge in [-0.2, -0.15) is 0 Å². The number of nitrogens with one attached hydrogen (secondary N) is 2. The minimum Gasteiger partial charge on any atom is -0.348 e. The SMILES string of the molecule is CC(C)N1CC(C(=O)Nc2ccc(CNC(=O)c3cccnc3)cc2)CC1=O. The van der Waals surface area contributed by atoms with Crippen LogP contribution < -0.4 is 10.6 Å². The van der Waals surface area contributed by atoms with Crippen LogP contribution in [0.15, 0.2) is 48.8 Å². The second kappa shape index (κ2) is 8.65. The molecule has 1 aliphatic rings. The predicted octanol–water partition coefficient (Wildman–Crippen LogP) is 2.21. The Labute approximate surface area is 164 Å². The molecule has 2 heterocycles. The Morgan fingerprint density at radius 1 is 1.21 bits per heavy atom. The number of anilines is 1. The first-order valence-electron chi connectivity index (χ1n) is 9.31. The van der Waals surface area contributed by atoms with Crippen molar-refractivity contribution in [1.29, 1.82) is 0 Å². The summed E-state index contributed by atoms with van der Waals surface area (Å²) in [6.07, 6.45) is 3.39. The summed E-state index contributed by atoms with van der Waals surface area (Å²) in [4.78, 5) is 42.1. The Balaban J connectivity index is 1.51. The van der Waals surface area contributed by atoms with Gasteiger partial charge in [-0.1, -0.05) is 12.1 Å². The molecule has 1 unspecified atom stereocenters. The zero-order chi connectivity index (χ0) is 20.1. The van der Waals surface area contributed by atoms with Crippen molar-refractivity contribution in [3.63, 3.8) is 0 Å². The lowest BCUT2D eigenvalue weighted by molar-refractivity contribution is -0.129. The molecule has 2 aromatic rings. The summed E-state index contributed by atoms with van der Waals surface area (Å²) in [5.41, 5.74) is 2.09. The maximum Gasteiger partial charge on any atom is 0.253 e. The maximum atomic E-state index is 12.4. The number of carbonyl (C=O) groups is 3. The van der Waals surface area contributed by atoms with Crippen molar-refractivity contribution in [2.45, 2.75) is 32.9 Å². The number of rotatable bonds is 6. The van der Waals surface area contributed by atoms with E-state index in [9.17, 15) is 14.4 Å². The van der Waals surface area contributed by atoms with Crippen LogP contribution in [0, 0.1) is 5.92 Å². The third-order valence-electron chi connectivity index (χ3n) is 4.75. The number of pyridine rings is 1. The van der Waals surface area contributed by atoms with Gasteiger partial charge in [0.15, 0.2) is 0 Å². The molecule has 2 N–H and O–H groups in total. The van der Waals surface area contributed by atoms with E-state index in [0.29, 0.717) is 24.3 Å². The Morgan fingerprint density at radius 3 is 2.57 bits per heavy atom. The molecular formula is C21H24N4O3. The summed E-state index contributed by atoms with van der Waals surface area (Å²) in [7, 11) is 0. The third-order valence-corrected chi connectivity index (χ3v) is 4.75. The highest BCUT2D eigenvalue weighted by atomic mass is 16.2. The molecule has 0 radical (unpaired) electrons. The summed E-state index contributed by atoms with van der Waals surface area (Å²) < 4.78 is 0. The molecule has 1 saturated heterocycles. The van der Waals surface area contributed by atoms with Crippen LogP contribution in [0.3, 0.4) is 0 Å². The molecule has 0 spiro atoms. The first-order chi connectivity index (χ1) is 13.4. The van der Waals surface area contributed by atoms with Crippen LogP contribution in [0.1, 0.15) is 36.2 Å². The van der Waals surface area contributed by atoms with E-state index in [2.05, 4.69) is 15.6 Å². The number of carbonyl (C=O) groups excluding carboxylic acids is 3. The molecule has 1 aromatic carbocycles. The second-order valence-electron chi connectivity index (χ2n) is 7.15. The van der Waals surface area contributed by atoms with Gasteiger partial charge in [-0.05, 0) is 43.7 Å². The summed E-state index contributed by atoms with van der Waals surface area (Å²) in [6.45, 7) is 4.73. The quantitative estimate of drug-likeness (QED) is 0.804. The molecule has 7 nitrogen and oxygen atoms in total. The second-order valence-corrected chi connectivity index (χ2v) is 7.15. The van der Waals surface area contributed by atoms with Gasteiger partial charge in [0.05, 0.1) is 11.5 Å². The van der Waals surface area contributed by atoms with E-state index in [-0.39, 0.29) is 36.1 Å². The molecule has 146 valence electrons. The lowest BCUT2D eigenvalue weighted by atomic mass is 10.1. The third kappa shape index (κ3) is 4.73. The average Bonchev–Trinajstić information content (AvgIpc) is 3.10. The number of hydrogen-bond donors (Lipinski definition) is 2. The number of amides is 3. The van der Waals surface area contributed by atoms with E-state index in [1.165, 1.54) is 6.20 Å². The molecule has 0 bridgehead atoms. The van der Waals surface area contributed by atoms with Crippen molar-refractivity contribution in [3.8, 4) is 0 Å². The van der Waals surface area contributed by atoms with Gasteiger partial charge in [-0.3, -0.25) is 19.4 Å². The Kier molecular flexibility index (Phi) is 6.03. The first-order valence-corrected chi connectivity index (χ1v) is 9.31. The highest BCUT2D eigenvalue weighted by Gasteiger charge is 2.35. The Hall–Kier alpha value is -3.22. The fourth-order valence-electron chi connectivity index (χ4n) is 3.14. The van der Waals surface area contributed by atoms with Crippen LogP contribution in [0.5, 0.6) is 0 Å². The number of likely N-dealkylation sites (tertiary alicyclic amines) is 1. The van der Waals surface area contributed by atoms with E-state index >= 15 is 0 Å². The number of benzene rings is 1. The standard InChI is InChI=1S/C21H24N4O3/c1-14(2)25-13-17(10-19(25)26)21(28)24-18-7-5-15(6-8-18)11-23-20(27)16-4-3-9-22-12-16/h3-9,12,14,17H,10-11,13H2,1-2H3,(H,23,27)(H,24,28). The van der Waals surface area contributed by atoms with E-state index in [0.717, 1.165) is 5.56 Å². The molecule has 0 aliphatic carbocycles. The fourth-order valence-corrected chi connectivity index (χ4v) is 3.14. The van der Waals surface area contributed by atoms with Gasteiger partial charge < -0.3 is 15.5 Å². The predicted molar refractivity (Wildman–Crippen MR) is 105 cm³/mol.